The Hall–Kier alpha value is -3.34. The monoisotopic (exact) mass is 637 g/mol. The first kappa shape index (κ1) is 33.2. The van der Waals surface area contributed by atoms with Crippen LogP contribution in [0.4, 0.5) is 10.1 Å². The molecule has 1 unspecified atom stereocenters. The van der Waals surface area contributed by atoms with Gasteiger partial charge in [-0.2, -0.15) is 0 Å². The van der Waals surface area contributed by atoms with Gasteiger partial charge in [-0.1, -0.05) is 43.1 Å². The molecule has 0 aliphatic carbocycles. The molecular formula is C30H34Cl2FN3O5S. The van der Waals surface area contributed by atoms with E-state index in [9.17, 15) is 22.4 Å². The van der Waals surface area contributed by atoms with Gasteiger partial charge in [-0.3, -0.25) is 13.9 Å². The number of benzene rings is 3. The molecule has 0 aliphatic rings. The molecule has 3 aromatic carbocycles. The fraction of sp³-hybridized carbons (Fsp3) is 0.333. The van der Waals surface area contributed by atoms with E-state index in [1.54, 1.807) is 31.2 Å². The number of hydrogen-bond donors (Lipinski definition) is 1. The predicted molar refractivity (Wildman–Crippen MR) is 163 cm³/mol. The van der Waals surface area contributed by atoms with E-state index < -0.39 is 40.2 Å². The third-order valence-corrected chi connectivity index (χ3v) is 8.70. The van der Waals surface area contributed by atoms with Crippen molar-refractivity contribution in [2.75, 3.05) is 24.0 Å². The zero-order valence-corrected chi connectivity index (χ0v) is 26.1. The summed E-state index contributed by atoms with van der Waals surface area (Å²) >= 11 is 12.5. The number of rotatable bonds is 13. The lowest BCUT2D eigenvalue weighted by Gasteiger charge is -2.32. The molecule has 0 aliphatic heterocycles. The molecule has 8 nitrogen and oxygen atoms in total. The van der Waals surface area contributed by atoms with Gasteiger partial charge in [0, 0.05) is 23.1 Å². The normalized spacial score (nSPS) is 12.1. The van der Waals surface area contributed by atoms with Gasteiger partial charge in [0.15, 0.2) is 0 Å². The Balaban J connectivity index is 2.04. The van der Waals surface area contributed by atoms with Gasteiger partial charge in [0.25, 0.3) is 10.0 Å². The van der Waals surface area contributed by atoms with E-state index in [0.717, 1.165) is 28.6 Å². The van der Waals surface area contributed by atoms with Crippen LogP contribution in [0.2, 0.25) is 10.0 Å². The second-order valence-corrected chi connectivity index (χ2v) is 12.7. The fourth-order valence-electron chi connectivity index (χ4n) is 4.01. The van der Waals surface area contributed by atoms with Crippen molar-refractivity contribution in [3.63, 3.8) is 0 Å². The molecule has 42 heavy (non-hydrogen) atoms. The van der Waals surface area contributed by atoms with Crippen molar-refractivity contribution >= 4 is 50.7 Å². The van der Waals surface area contributed by atoms with Gasteiger partial charge < -0.3 is 15.0 Å². The third kappa shape index (κ3) is 8.59. The van der Waals surface area contributed by atoms with Gasteiger partial charge in [0.2, 0.25) is 11.8 Å². The van der Waals surface area contributed by atoms with Crippen LogP contribution in [-0.4, -0.2) is 50.9 Å². The maximum atomic E-state index is 14.0. The number of carbonyl (C=O) groups excluding carboxylic acids is 2. The molecule has 1 N–H and O–H groups in total. The van der Waals surface area contributed by atoms with Crippen molar-refractivity contribution in [1.29, 1.82) is 0 Å². The summed E-state index contributed by atoms with van der Waals surface area (Å²) < 4.78 is 47.7. The summed E-state index contributed by atoms with van der Waals surface area (Å²) in [5.74, 6) is -0.984. The number of ether oxygens (including phenoxy) is 1. The Morgan fingerprint density at radius 3 is 2.19 bits per heavy atom. The highest BCUT2D eigenvalue weighted by molar-refractivity contribution is 7.92. The Bertz CT molecular complexity index is 1490. The summed E-state index contributed by atoms with van der Waals surface area (Å²) in [6.45, 7) is 7.33. The summed E-state index contributed by atoms with van der Waals surface area (Å²) in [5, 5.41) is 3.51. The van der Waals surface area contributed by atoms with Crippen molar-refractivity contribution in [3.8, 4) is 5.75 Å². The molecule has 0 fully saturated rings. The number of amides is 2. The lowest BCUT2D eigenvalue weighted by Crippen LogP contribution is -2.51. The van der Waals surface area contributed by atoms with Crippen LogP contribution in [0.15, 0.2) is 71.6 Å². The minimum Gasteiger partial charge on any atom is -0.494 e. The predicted octanol–water partition coefficient (Wildman–Crippen LogP) is 5.92. The van der Waals surface area contributed by atoms with E-state index >= 15 is 0 Å². The maximum Gasteiger partial charge on any atom is 0.264 e. The van der Waals surface area contributed by atoms with Crippen molar-refractivity contribution < 1.29 is 27.1 Å². The topological polar surface area (TPSA) is 96.0 Å². The number of sulfonamides is 1. The molecular weight excluding hydrogens is 604 g/mol. The highest BCUT2D eigenvalue weighted by Gasteiger charge is 2.33. The smallest absolute Gasteiger partial charge is 0.264 e. The fourth-order valence-corrected chi connectivity index (χ4v) is 5.89. The van der Waals surface area contributed by atoms with Crippen LogP contribution in [0.1, 0.15) is 33.3 Å². The number of carbonyl (C=O) groups is 2. The van der Waals surface area contributed by atoms with Gasteiger partial charge in [-0.15, -0.1) is 0 Å². The molecule has 3 aromatic rings. The van der Waals surface area contributed by atoms with Crippen molar-refractivity contribution in [2.24, 2.45) is 5.92 Å². The molecule has 0 saturated heterocycles. The highest BCUT2D eigenvalue weighted by atomic mass is 35.5. The minimum atomic E-state index is -4.34. The van der Waals surface area contributed by atoms with Gasteiger partial charge in [-0.25, -0.2) is 12.8 Å². The average Bonchev–Trinajstić information content (AvgIpc) is 2.94. The Morgan fingerprint density at radius 2 is 1.62 bits per heavy atom. The summed E-state index contributed by atoms with van der Waals surface area (Å²) in [4.78, 5) is 28.1. The summed E-state index contributed by atoms with van der Waals surface area (Å²) in [5.41, 5.74) is 0.699. The summed E-state index contributed by atoms with van der Waals surface area (Å²) in [7, 11) is -4.34. The van der Waals surface area contributed by atoms with Crippen LogP contribution < -0.4 is 14.4 Å². The van der Waals surface area contributed by atoms with Crippen LogP contribution >= 0.6 is 23.2 Å². The molecule has 0 bridgehead atoms. The lowest BCUT2D eigenvalue weighted by atomic mass is 10.1. The number of anilines is 1. The number of nitrogens with one attached hydrogen (secondary N) is 1. The van der Waals surface area contributed by atoms with E-state index in [1.165, 1.54) is 23.1 Å². The summed E-state index contributed by atoms with van der Waals surface area (Å²) in [6, 6.07) is 14.3. The van der Waals surface area contributed by atoms with Gasteiger partial charge in [0.05, 0.1) is 17.2 Å². The van der Waals surface area contributed by atoms with E-state index in [1.807, 2.05) is 20.8 Å². The molecule has 0 spiro atoms. The molecule has 2 amide bonds. The van der Waals surface area contributed by atoms with Gasteiger partial charge >= 0.3 is 0 Å². The third-order valence-electron chi connectivity index (χ3n) is 6.32. The second-order valence-electron chi connectivity index (χ2n) is 9.96. The average molecular weight is 639 g/mol. The number of halogens is 3. The zero-order chi connectivity index (χ0) is 31.0. The highest BCUT2D eigenvalue weighted by Crippen LogP contribution is 2.28. The summed E-state index contributed by atoms with van der Waals surface area (Å²) in [6.07, 6.45) is 0. The van der Waals surface area contributed by atoms with Crippen LogP contribution in [0.25, 0.3) is 0 Å². The zero-order valence-electron chi connectivity index (χ0n) is 23.8. The standard InChI is InChI=1S/C30H34Cl2FN3O5S/c1-5-41-26-12-10-25(11-13-26)36(42(39,40)27-14-8-24(33)9-15-27)19-29(37)35(21(4)30(38)34-17-20(2)3)18-22-6-7-23(31)16-28(22)32/h6-16,20-21H,5,17-19H2,1-4H3,(H,34,38). The van der Waals surface area contributed by atoms with E-state index in [4.69, 9.17) is 27.9 Å². The number of nitrogens with zero attached hydrogens (tertiary/aromatic N) is 2. The SMILES string of the molecule is CCOc1ccc(N(CC(=O)N(Cc2ccc(Cl)cc2Cl)C(C)C(=O)NCC(C)C)S(=O)(=O)c2ccc(F)cc2)cc1. The molecule has 3 rings (SSSR count). The van der Waals surface area contributed by atoms with Crippen molar-refractivity contribution in [2.45, 2.75) is 45.2 Å². The first-order valence-corrected chi connectivity index (χ1v) is 15.5. The van der Waals surface area contributed by atoms with E-state index in [0.29, 0.717) is 29.5 Å². The van der Waals surface area contributed by atoms with Crippen LogP contribution in [-0.2, 0) is 26.2 Å². The van der Waals surface area contributed by atoms with Gasteiger partial charge in [0.1, 0.15) is 24.2 Å². The molecule has 12 heteroatoms. The van der Waals surface area contributed by atoms with E-state index in [2.05, 4.69) is 5.32 Å². The van der Waals surface area contributed by atoms with Crippen LogP contribution in [0.3, 0.4) is 0 Å². The second kappa shape index (κ2) is 14.7. The molecule has 0 heterocycles. The molecule has 226 valence electrons. The molecule has 0 aromatic heterocycles. The van der Waals surface area contributed by atoms with Crippen molar-refractivity contribution in [1.82, 2.24) is 10.2 Å². The Kier molecular flexibility index (Phi) is 11.6. The Labute approximate surface area is 256 Å². The maximum absolute atomic E-state index is 14.0. The molecule has 0 saturated carbocycles. The lowest BCUT2D eigenvalue weighted by molar-refractivity contribution is -0.139. The van der Waals surface area contributed by atoms with Gasteiger partial charge in [-0.05, 0) is 86.0 Å². The van der Waals surface area contributed by atoms with Crippen molar-refractivity contribution in [3.05, 3.63) is 88.2 Å². The molecule has 0 radical (unpaired) electrons. The minimum absolute atomic E-state index is 0.0845. The van der Waals surface area contributed by atoms with Crippen LogP contribution in [0, 0.1) is 11.7 Å². The van der Waals surface area contributed by atoms with E-state index in [-0.39, 0.29) is 28.1 Å². The quantitative estimate of drug-likeness (QED) is 0.251. The van der Waals surface area contributed by atoms with Crippen LogP contribution in [0.5, 0.6) is 5.75 Å². The first-order valence-electron chi connectivity index (χ1n) is 13.4. The molecule has 1 atom stereocenters. The first-order chi connectivity index (χ1) is 19.8. The Morgan fingerprint density at radius 1 is 0.976 bits per heavy atom. The number of hydrogen-bond acceptors (Lipinski definition) is 5. The largest absolute Gasteiger partial charge is 0.494 e.